The smallest absolute Gasteiger partial charge is 0.326 e. The van der Waals surface area contributed by atoms with E-state index in [1.165, 1.54) is 12.1 Å². The van der Waals surface area contributed by atoms with Crippen LogP contribution in [0.3, 0.4) is 0 Å². The maximum atomic E-state index is 14.5. The Morgan fingerprint density at radius 2 is 1.16 bits per heavy atom. The zero-order chi connectivity index (χ0) is 32.8. The lowest BCUT2D eigenvalue weighted by molar-refractivity contribution is -0.192. The highest BCUT2D eigenvalue weighted by Gasteiger charge is 2.61. The Balaban J connectivity index is 1.84. The van der Waals surface area contributed by atoms with Crippen molar-refractivity contribution in [3.05, 3.63) is 107 Å². The summed E-state index contributed by atoms with van der Waals surface area (Å²) in [4.78, 5) is 71.0. The SMILES string of the molecule is CC(C)CC(C(=O)OCc1ccccc1)[C@@](CN1C(=O)c2ccccc2C1=O)(C(=O)OCc1ccccc1)C(=O)OC(C)(C)C. The van der Waals surface area contributed by atoms with Gasteiger partial charge >= 0.3 is 17.9 Å². The van der Waals surface area contributed by atoms with E-state index in [0.717, 1.165) is 4.90 Å². The first-order valence-corrected chi connectivity index (χ1v) is 14.9. The van der Waals surface area contributed by atoms with E-state index in [2.05, 4.69) is 0 Å². The van der Waals surface area contributed by atoms with Crippen LogP contribution < -0.4 is 0 Å². The zero-order valence-corrected chi connectivity index (χ0v) is 26.3. The van der Waals surface area contributed by atoms with Crippen LogP contribution in [0.4, 0.5) is 0 Å². The lowest BCUT2D eigenvalue weighted by Crippen LogP contribution is -2.59. The van der Waals surface area contributed by atoms with Gasteiger partial charge in [0.2, 0.25) is 0 Å². The van der Waals surface area contributed by atoms with Gasteiger partial charge in [-0.15, -0.1) is 0 Å². The number of nitrogens with zero attached hydrogens (tertiary/aromatic N) is 1. The number of imide groups is 1. The van der Waals surface area contributed by atoms with Crippen molar-refractivity contribution in [2.75, 3.05) is 6.54 Å². The Hall–Kier alpha value is -4.79. The fourth-order valence-corrected chi connectivity index (χ4v) is 5.26. The molecule has 9 heteroatoms. The first-order chi connectivity index (χ1) is 21.3. The van der Waals surface area contributed by atoms with Crippen molar-refractivity contribution in [2.24, 2.45) is 17.3 Å². The van der Waals surface area contributed by atoms with Gasteiger partial charge in [-0.25, -0.2) is 0 Å². The lowest BCUT2D eigenvalue weighted by atomic mass is 9.70. The molecule has 4 rings (SSSR count). The van der Waals surface area contributed by atoms with Gasteiger partial charge in [0.1, 0.15) is 18.8 Å². The summed E-state index contributed by atoms with van der Waals surface area (Å²) in [5, 5.41) is 0. The van der Waals surface area contributed by atoms with Crippen LogP contribution in [-0.2, 0) is 41.8 Å². The quantitative estimate of drug-likeness (QED) is 0.110. The molecule has 0 saturated carbocycles. The largest absolute Gasteiger partial charge is 0.461 e. The van der Waals surface area contributed by atoms with Crippen LogP contribution in [0, 0.1) is 17.3 Å². The van der Waals surface area contributed by atoms with Gasteiger partial charge in [-0.3, -0.25) is 28.9 Å². The maximum absolute atomic E-state index is 14.5. The topological polar surface area (TPSA) is 116 Å². The second-order valence-corrected chi connectivity index (χ2v) is 12.6. The van der Waals surface area contributed by atoms with Gasteiger partial charge in [0.25, 0.3) is 11.8 Å². The third-order valence-electron chi connectivity index (χ3n) is 7.44. The molecule has 0 aliphatic carbocycles. The van der Waals surface area contributed by atoms with E-state index in [4.69, 9.17) is 14.2 Å². The van der Waals surface area contributed by atoms with Crippen LogP contribution in [0.1, 0.15) is 72.9 Å². The van der Waals surface area contributed by atoms with Crippen molar-refractivity contribution in [2.45, 2.75) is 59.9 Å². The molecule has 2 atom stereocenters. The molecule has 0 bridgehead atoms. The molecule has 0 fully saturated rings. The minimum atomic E-state index is -2.45. The minimum absolute atomic E-state index is 0.00350. The van der Waals surface area contributed by atoms with Crippen molar-refractivity contribution >= 4 is 29.7 Å². The number of hydrogen-bond donors (Lipinski definition) is 0. The fourth-order valence-electron chi connectivity index (χ4n) is 5.26. The molecule has 0 radical (unpaired) electrons. The van der Waals surface area contributed by atoms with E-state index in [0.29, 0.717) is 11.1 Å². The van der Waals surface area contributed by atoms with E-state index in [-0.39, 0.29) is 36.7 Å². The average molecular weight is 614 g/mol. The molecule has 2 amide bonds. The first kappa shape index (κ1) is 33.1. The number of hydrogen-bond acceptors (Lipinski definition) is 8. The van der Waals surface area contributed by atoms with Crippen LogP contribution in [-0.4, -0.2) is 46.8 Å². The van der Waals surface area contributed by atoms with E-state index >= 15 is 0 Å². The number of rotatable bonds is 12. The Kier molecular flexibility index (Phi) is 10.2. The summed E-state index contributed by atoms with van der Waals surface area (Å²) in [6, 6.07) is 24.0. The Morgan fingerprint density at radius 3 is 1.62 bits per heavy atom. The molecular weight excluding hydrogens is 574 g/mol. The van der Waals surface area contributed by atoms with Crippen molar-refractivity contribution < 1.29 is 38.2 Å². The molecule has 45 heavy (non-hydrogen) atoms. The summed E-state index contributed by atoms with van der Waals surface area (Å²) in [5.74, 6) is -6.12. The van der Waals surface area contributed by atoms with E-state index in [1.807, 2.05) is 19.9 Å². The average Bonchev–Trinajstić information content (AvgIpc) is 3.24. The Labute approximate surface area is 263 Å². The Morgan fingerprint density at radius 1 is 0.689 bits per heavy atom. The van der Waals surface area contributed by atoms with Crippen molar-refractivity contribution in [3.63, 3.8) is 0 Å². The third kappa shape index (κ3) is 7.66. The van der Waals surface area contributed by atoms with Crippen LogP contribution in [0.5, 0.6) is 0 Å². The first-order valence-electron chi connectivity index (χ1n) is 14.9. The molecule has 0 aromatic heterocycles. The molecule has 1 heterocycles. The number of carbonyl (C=O) groups is 5. The number of ether oxygens (including phenoxy) is 3. The molecule has 3 aromatic carbocycles. The van der Waals surface area contributed by atoms with Crippen LogP contribution >= 0.6 is 0 Å². The molecule has 0 saturated heterocycles. The maximum Gasteiger partial charge on any atom is 0.326 e. The highest BCUT2D eigenvalue weighted by atomic mass is 16.6. The van der Waals surface area contributed by atoms with Gasteiger partial charge in [0, 0.05) is 0 Å². The monoisotopic (exact) mass is 613 g/mol. The normalized spacial score (nSPS) is 14.8. The van der Waals surface area contributed by atoms with E-state index in [9.17, 15) is 24.0 Å². The number of benzene rings is 3. The van der Waals surface area contributed by atoms with Gasteiger partial charge in [0.15, 0.2) is 5.41 Å². The predicted molar refractivity (Wildman–Crippen MR) is 166 cm³/mol. The summed E-state index contributed by atoms with van der Waals surface area (Å²) in [7, 11) is 0. The van der Waals surface area contributed by atoms with Gasteiger partial charge in [-0.1, -0.05) is 86.6 Å². The summed E-state index contributed by atoms with van der Waals surface area (Å²) >= 11 is 0. The zero-order valence-electron chi connectivity index (χ0n) is 26.3. The highest BCUT2D eigenvalue weighted by molar-refractivity contribution is 6.22. The van der Waals surface area contributed by atoms with Gasteiger partial charge in [-0.2, -0.15) is 0 Å². The molecule has 3 aromatic rings. The summed E-state index contributed by atoms with van der Waals surface area (Å²) < 4.78 is 17.3. The minimum Gasteiger partial charge on any atom is -0.461 e. The van der Waals surface area contributed by atoms with Crippen molar-refractivity contribution in [3.8, 4) is 0 Å². The summed E-state index contributed by atoms with van der Waals surface area (Å²) in [6.07, 6.45) is -0.00350. The molecule has 9 nitrogen and oxygen atoms in total. The molecule has 1 aliphatic rings. The van der Waals surface area contributed by atoms with Gasteiger partial charge in [-0.05, 0) is 56.4 Å². The number of carbonyl (C=O) groups excluding carboxylic acids is 5. The van der Waals surface area contributed by atoms with Crippen molar-refractivity contribution in [1.82, 2.24) is 4.90 Å². The van der Waals surface area contributed by atoms with Crippen molar-refractivity contribution in [1.29, 1.82) is 0 Å². The summed E-state index contributed by atoms with van der Waals surface area (Å²) in [6.45, 7) is 7.40. The molecular formula is C36H39NO8. The van der Waals surface area contributed by atoms with E-state index < -0.39 is 53.2 Å². The lowest BCUT2D eigenvalue weighted by Gasteiger charge is -2.39. The van der Waals surface area contributed by atoms with Crippen LogP contribution in [0.2, 0.25) is 0 Å². The second-order valence-electron chi connectivity index (χ2n) is 12.6. The fraction of sp³-hybridized carbons (Fsp3) is 0.361. The standard InChI is InChI=1S/C36H39NO8/c1-24(2)20-29(32(40)43-21-25-14-8-6-9-15-25)36(34(42)45-35(3,4)5,33(41)44-22-26-16-10-7-11-17-26)23-37-30(38)27-18-12-13-19-28(27)31(37)39/h6-19,24,29H,20-23H2,1-5H3/t29?,36-/m0/s1. The molecule has 0 N–H and O–H groups in total. The number of fused-ring (bicyclic) bond motifs is 1. The van der Waals surface area contributed by atoms with Gasteiger partial charge < -0.3 is 14.2 Å². The van der Waals surface area contributed by atoms with Crippen LogP contribution in [0.15, 0.2) is 84.9 Å². The number of amides is 2. The molecule has 236 valence electrons. The Bertz CT molecular complexity index is 1510. The second kappa shape index (κ2) is 13.9. The highest BCUT2D eigenvalue weighted by Crippen LogP contribution is 2.41. The number of esters is 3. The van der Waals surface area contributed by atoms with Crippen LogP contribution in [0.25, 0.3) is 0 Å². The van der Waals surface area contributed by atoms with Gasteiger partial charge in [0.05, 0.1) is 23.6 Å². The molecule has 0 spiro atoms. The van der Waals surface area contributed by atoms with E-state index in [1.54, 1.807) is 87.5 Å². The summed E-state index contributed by atoms with van der Waals surface area (Å²) in [5.41, 5.74) is -1.95. The molecule has 1 unspecified atom stereocenters. The third-order valence-corrected chi connectivity index (χ3v) is 7.44. The predicted octanol–water partition coefficient (Wildman–Crippen LogP) is 5.76. The molecule has 1 aliphatic heterocycles.